The third kappa shape index (κ3) is 4.67. The summed E-state index contributed by atoms with van der Waals surface area (Å²) >= 11 is 5.70. The van der Waals surface area contributed by atoms with Crippen LogP contribution in [0.25, 0.3) is 6.08 Å². The fraction of sp³-hybridized carbons (Fsp3) is 0.111. The molecule has 0 spiro atoms. The van der Waals surface area contributed by atoms with Crippen molar-refractivity contribution in [3.05, 3.63) is 70.1 Å². The zero-order chi connectivity index (χ0) is 17.7. The van der Waals surface area contributed by atoms with Gasteiger partial charge in [-0.3, -0.25) is 9.59 Å². The molecule has 0 saturated heterocycles. The number of rotatable bonds is 4. The van der Waals surface area contributed by atoms with Gasteiger partial charge in [0.25, 0.3) is 5.91 Å². The Morgan fingerprint density at radius 3 is 2.50 bits per heavy atom. The van der Waals surface area contributed by atoms with E-state index in [1.54, 1.807) is 6.08 Å². The predicted octanol–water partition coefficient (Wildman–Crippen LogP) is 3.90. The summed E-state index contributed by atoms with van der Waals surface area (Å²) in [6.45, 7) is 3.21. The van der Waals surface area contributed by atoms with E-state index in [4.69, 9.17) is 11.6 Å². The molecule has 0 aliphatic heterocycles. The molecule has 0 aromatic heterocycles. The highest BCUT2D eigenvalue weighted by Crippen LogP contribution is 2.20. The fourth-order valence-electron chi connectivity index (χ4n) is 2.02. The van der Waals surface area contributed by atoms with Crippen LogP contribution in [0.1, 0.15) is 18.1 Å². The van der Waals surface area contributed by atoms with Crippen LogP contribution in [-0.4, -0.2) is 11.8 Å². The Morgan fingerprint density at radius 2 is 1.88 bits per heavy atom. The number of carbonyl (C=O) groups excluding carboxylic acids is 2. The molecule has 2 rings (SSSR count). The maximum Gasteiger partial charge on any atom is 0.272 e. The van der Waals surface area contributed by atoms with Crippen LogP contribution < -0.4 is 10.6 Å². The third-order valence-corrected chi connectivity index (χ3v) is 3.51. The van der Waals surface area contributed by atoms with E-state index in [-0.39, 0.29) is 16.6 Å². The van der Waals surface area contributed by atoms with Crippen LogP contribution in [0.15, 0.2) is 48.2 Å². The van der Waals surface area contributed by atoms with E-state index in [2.05, 4.69) is 10.6 Å². The first-order valence-corrected chi connectivity index (χ1v) is 7.56. The van der Waals surface area contributed by atoms with Crippen molar-refractivity contribution in [2.24, 2.45) is 0 Å². The lowest BCUT2D eigenvalue weighted by Crippen LogP contribution is -2.29. The van der Waals surface area contributed by atoms with Crippen LogP contribution in [0.3, 0.4) is 0 Å². The van der Waals surface area contributed by atoms with E-state index in [1.165, 1.54) is 19.1 Å². The normalized spacial score (nSPS) is 11.1. The standard InChI is InChI=1S/C18H16ClFN2O2/c1-11-5-3-4-6-13(11)9-17(21-12(2)23)18(24)22-14-7-8-16(20)15(19)10-14/h3-10H,1-2H3,(H,21,23)(H,22,24)/b17-9-. The number of anilines is 1. The number of benzene rings is 2. The summed E-state index contributed by atoms with van der Waals surface area (Å²) in [5.74, 6) is -1.48. The Labute approximate surface area is 144 Å². The minimum atomic E-state index is -0.577. The van der Waals surface area contributed by atoms with Crippen molar-refractivity contribution in [2.75, 3.05) is 5.32 Å². The van der Waals surface area contributed by atoms with Crippen LogP contribution in [0.2, 0.25) is 5.02 Å². The number of aryl methyl sites for hydroxylation is 1. The van der Waals surface area contributed by atoms with E-state index in [9.17, 15) is 14.0 Å². The van der Waals surface area contributed by atoms with Crippen molar-refractivity contribution in [3.8, 4) is 0 Å². The summed E-state index contributed by atoms with van der Waals surface area (Å²) in [5.41, 5.74) is 2.16. The molecule has 4 nitrogen and oxygen atoms in total. The van der Waals surface area contributed by atoms with Gasteiger partial charge in [0.2, 0.25) is 5.91 Å². The molecule has 0 unspecified atom stereocenters. The summed E-state index contributed by atoms with van der Waals surface area (Å²) < 4.78 is 13.2. The molecule has 2 amide bonds. The van der Waals surface area contributed by atoms with Gasteiger partial charge in [0.05, 0.1) is 5.02 Å². The van der Waals surface area contributed by atoms with Crippen molar-refractivity contribution in [3.63, 3.8) is 0 Å². The second-order valence-electron chi connectivity index (χ2n) is 5.18. The molecule has 0 heterocycles. The highest BCUT2D eigenvalue weighted by atomic mass is 35.5. The highest BCUT2D eigenvalue weighted by molar-refractivity contribution is 6.31. The van der Waals surface area contributed by atoms with Crippen LogP contribution in [0.5, 0.6) is 0 Å². The van der Waals surface area contributed by atoms with Crippen LogP contribution in [-0.2, 0) is 9.59 Å². The van der Waals surface area contributed by atoms with Gasteiger partial charge in [-0.25, -0.2) is 4.39 Å². The highest BCUT2D eigenvalue weighted by Gasteiger charge is 2.13. The fourth-order valence-corrected chi connectivity index (χ4v) is 2.21. The molecule has 2 aromatic carbocycles. The van der Waals surface area contributed by atoms with Crippen molar-refractivity contribution >= 4 is 35.2 Å². The van der Waals surface area contributed by atoms with Crippen molar-refractivity contribution in [2.45, 2.75) is 13.8 Å². The van der Waals surface area contributed by atoms with Gasteiger partial charge in [0.15, 0.2) is 0 Å². The van der Waals surface area contributed by atoms with Crippen LogP contribution in [0, 0.1) is 12.7 Å². The molecule has 0 fully saturated rings. The SMILES string of the molecule is CC(=O)N/C(=C\c1ccccc1C)C(=O)Nc1ccc(F)c(Cl)c1. The molecule has 0 radical (unpaired) electrons. The largest absolute Gasteiger partial charge is 0.322 e. The minimum absolute atomic E-state index is 0.0808. The van der Waals surface area contributed by atoms with Crippen LogP contribution >= 0.6 is 11.6 Å². The molecular formula is C18H16ClFN2O2. The van der Waals surface area contributed by atoms with Crippen molar-refractivity contribution < 1.29 is 14.0 Å². The van der Waals surface area contributed by atoms with Crippen molar-refractivity contribution in [1.82, 2.24) is 5.32 Å². The van der Waals surface area contributed by atoms with Gasteiger partial charge in [-0.1, -0.05) is 35.9 Å². The summed E-state index contributed by atoms with van der Waals surface area (Å²) in [7, 11) is 0. The second kappa shape index (κ2) is 7.75. The second-order valence-corrected chi connectivity index (χ2v) is 5.59. The first-order chi connectivity index (χ1) is 11.4. The average Bonchev–Trinajstić information content (AvgIpc) is 2.52. The molecule has 0 bridgehead atoms. The smallest absolute Gasteiger partial charge is 0.272 e. The zero-order valence-electron chi connectivity index (χ0n) is 13.2. The molecule has 2 aromatic rings. The molecule has 124 valence electrons. The van der Waals surface area contributed by atoms with E-state index >= 15 is 0 Å². The lowest BCUT2D eigenvalue weighted by Gasteiger charge is -2.11. The molecular weight excluding hydrogens is 331 g/mol. The quantitative estimate of drug-likeness (QED) is 0.825. The minimum Gasteiger partial charge on any atom is -0.322 e. The van der Waals surface area contributed by atoms with E-state index in [0.29, 0.717) is 5.69 Å². The molecule has 0 atom stereocenters. The Morgan fingerprint density at radius 1 is 1.17 bits per heavy atom. The topological polar surface area (TPSA) is 58.2 Å². The Hall–Kier alpha value is -2.66. The van der Waals surface area contributed by atoms with Crippen molar-refractivity contribution in [1.29, 1.82) is 0 Å². The van der Waals surface area contributed by atoms with E-state index < -0.39 is 11.7 Å². The van der Waals surface area contributed by atoms with Gasteiger partial charge in [-0.05, 0) is 42.3 Å². The van der Waals surface area contributed by atoms with Gasteiger partial charge < -0.3 is 10.6 Å². The first kappa shape index (κ1) is 17.7. The summed E-state index contributed by atoms with van der Waals surface area (Å²) in [4.78, 5) is 23.8. The van der Waals surface area contributed by atoms with Gasteiger partial charge in [0, 0.05) is 12.6 Å². The number of hydrogen-bond donors (Lipinski definition) is 2. The molecule has 6 heteroatoms. The molecule has 0 aliphatic rings. The lowest BCUT2D eigenvalue weighted by atomic mass is 10.1. The summed E-state index contributed by atoms with van der Waals surface area (Å²) in [5, 5.41) is 4.99. The molecule has 0 saturated carbocycles. The van der Waals surface area contributed by atoms with Crippen LogP contribution in [0.4, 0.5) is 10.1 Å². The monoisotopic (exact) mass is 346 g/mol. The number of amides is 2. The van der Waals surface area contributed by atoms with Gasteiger partial charge in [-0.15, -0.1) is 0 Å². The lowest BCUT2D eigenvalue weighted by molar-refractivity contribution is -0.120. The summed E-state index contributed by atoms with van der Waals surface area (Å²) in [6, 6.07) is 11.3. The Kier molecular flexibility index (Phi) is 5.71. The van der Waals surface area contributed by atoms with E-state index in [1.807, 2.05) is 31.2 Å². The molecule has 0 aliphatic carbocycles. The number of hydrogen-bond acceptors (Lipinski definition) is 2. The number of carbonyl (C=O) groups is 2. The number of halogens is 2. The third-order valence-electron chi connectivity index (χ3n) is 3.22. The molecule has 2 N–H and O–H groups in total. The maximum absolute atomic E-state index is 13.2. The zero-order valence-corrected chi connectivity index (χ0v) is 13.9. The van der Waals surface area contributed by atoms with Gasteiger partial charge in [0.1, 0.15) is 11.5 Å². The predicted molar refractivity (Wildman–Crippen MR) is 93.0 cm³/mol. The summed E-state index contributed by atoms with van der Waals surface area (Å²) in [6.07, 6.45) is 1.58. The first-order valence-electron chi connectivity index (χ1n) is 7.18. The van der Waals surface area contributed by atoms with E-state index in [0.717, 1.165) is 17.2 Å². The Bertz CT molecular complexity index is 818. The van der Waals surface area contributed by atoms with Gasteiger partial charge in [-0.2, -0.15) is 0 Å². The average molecular weight is 347 g/mol. The maximum atomic E-state index is 13.2. The molecule has 24 heavy (non-hydrogen) atoms. The number of nitrogens with one attached hydrogen (secondary N) is 2. The Balaban J connectivity index is 2.30. The van der Waals surface area contributed by atoms with Gasteiger partial charge >= 0.3 is 0 Å².